The topological polar surface area (TPSA) is 136 Å². The van der Waals surface area contributed by atoms with Crippen LogP contribution < -0.4 is 5.32 Å². The van der Waals surface area contributed by atoms with Crippen molar-refractivity contribution < 1.29 is 47.6 Å². The molecule has 0 aliphatic carbocycles. The standard InChI is InChI=1S/C30H32ClNO10/c1-18(33)38-17-26-27(39-19(2)34)28(40-20(3)35)29(41-21(4)36)30(42-26)37-16-10-15-25(23-13-8-9-14-24(23)31)32-22-11-6-5-7-12-22/h5-9,11-14,25-30,32H,16-17H2,1-4H3/t25?,26-,27-,28+,29-,30-/m1/s1. The minimum Gasteiger partial charge on any atom is -0.463 e. The first-order valence-corrected chi connectivity index (χ1v) is 13.4. The van der Waals surface area contributed by atoms with E-state index in [2.05, 4.69) is 17.2 Å². The minimum absolute atomic E-state index is 0.217. The normalized spacial score (nSPS) is 22.0. The molecular formula is C30H32ClNO10. The summed E-state index contributed by atoms with van der Waals surface area (Å²) in [5, 5.41) is 3.84. The quantitative estimate of drug-likeness (QED) is 0.243. The fourth-order valence-corrected chi connectivity index (χ4v) is 4.44. The van der Waals surface area contributed by atoms with Crippen LogP contribution in [0.2, 0.25) is 5.02 Å². The number of hydrogen-bond acceptors (Lipinski definition) is 11. The van der Waals surface area contributed by atoms with Crippen LogP contribution in [-0.4, -0.2) is 67.8 Å². The van der Waals surface area contributed by atoms with Crippen molar-refractivity contribution in [3.8, 4) is 11.8 Å². The molecule has 0 radical (unpaired) electrons. The Hall–Kier alpha value is -4.11. The lowest BCUT2D eigenvalue weighted by Crippen LogP contribution is -2.63. The van der Waals surface area contributed by atoms with Gasteiger partial charge in [0.2, 0.25) is 0 Å². The molecule has 224 valence electrons. The molecule has 1 aliphatic rings. The molecule has 42 heavy (non-hydrogen) atoms. The average Bonchev–Trinajstić information content (AvgIpc) is 2.92. The van der Waals surface area contributed by atoms with Crippen LogP contribution in [0.5, 0.6) is 0 Å². The van der Waals surface area contributed by atoms with Gasteiger partial charge >= 0.3 is 23.9 Å². The molecule has 0 spiro atoms. The number of halogens is 1. The zero-order chi connectivity index (χ0) is 30.6. The number of rotatable bonds is 10. The molecule has 0 bridgehead atoms. The highest BCUT2D eigenvalue weighted by Crippen LogP contribution is 2.30. The van der Waals surface area contributed by atoms with E-state index in [0.29, 0.717) is 5.02 Å². The van der Waals surface area contributed by atoms with Crippen LogP contribution in [0, 0.1) is 11.8 Å². The first-order chi connectivity index (χ1) is 20.0. The maximum Gasteiger partial charge on any atom is 0.303 e. The van der Waals surface area contributed by atoms with Gasteiger partial charge in [-0.15, -0.1) is 0 Å². The Balaban J connectivity index is 1.88. The Morgan fingerprint density at radius 2 is 1.43 bits per heavy atom. The molecule has 1 saturated heterocycles. The fraction of sp³-hybridized carbons (Fsp3) is 0.400. The van der Waals surface area contributed by atoms with Crippen LogP contribution in [0.25, 0.3) is 0 Å². The summed E-state index contributed by atoms with van der Waals surface area (Å²) in [6, 6.07) is 16.2. The summed E-state index contributed by atoms with van der Waals surface area (Å²) in [5.74, 6) is 3.20. The number of carbonyl (C=O) groups is 4. The Morgan fingerprint density at radius 3 is 2.05 bits per heavy atom. The molecule has 12 heteroatoms. The molecule has 6 atom stereocenters. The van der Waals surface area contributed by atoms with E-state index in [9.17, 15) is 19.2 Å². The molecule has 1 heterocycles. The predicted molar refractivity (Wildman–Crippen MR) is 150 cm³/mol. The smallest absolute Gasteiger partial charge is 0.303 e. The zero-order valence-electron chi connectivity index (χ0n) is 23.5. The summed E-state index contributed by atoms with van der Waals surface area (Å²) in [6.07, 6.45) is -6.41. The Kier molecular flexibility index (Phi) is 12.2. The third kappa shape index (κ3) is 9.76. The summed E-state index contributed by atoms with van der Waals surface area (Å²) in [5.41, 5.74) is 1.56. The Bertz CT molecular complexity index is 1310. The van der Waals surface area contributed by atoms with Crippen LogP contribution in [0.1, 0.15) is 39.3 Å². The van der Waals surface area contributed by atoms with Crippen molar-refractivity contribution in [2.45, 2.75) is 64.4 Å². The van der Waals surface area contributed by atoms with Gasteiger partial charge in [0.15, 0.2) is 24.6 Å². The molecule has 1 fully saturated rings. The maximum absolute atomic E-state index is 12.0. The van der Waals surface area contributed by atoms with E-state index < -0.39 is 60.6 Å². The summed E-state index contributed by atoms with van der Waals surface area (Å²) in [4.78, 5) is 47.4. The lowest BCUT2D eigenvalue weighted by atomic mass is 9.98. The lowest BCUT2D eigenvalue weighted by Gasteiger charge is -2.43. The molecule has 2 aromatic rings. The first-order valence-electron chi connectivity index (χ1n) is 13.0. The van der Waals surface area contributed by atoms with Crippen molar-refractivity contribution in [2.75, 3.05) is 18.5 Å². The van der Waals surface area contributed by atoms with Gasteiger partial charge in [-0.3, -0.25) is 19.2 Å². The highest BCUT2D eigenvalue weighted by atomic mass is 35.5. The van der Waals surface area contributed by atoms with Crippen molar-refractivity contribution in [3.63, 3.8) is 0 Å². The Morgan fingerprint density at radius 1 is 0.833 bits per heavy atom. The first kappa shape index (κ1) is 32.4. The molecule has 0 saturated carbocycles. The van der Waals surface area contributed by atoms with E-state index >= 15 is 0 Å². The van der Waals surface area contributed by atoms with Crippen LogP contribution in [0.4, 0.5) is 5.69 Å². The summed E-state index contributed by atoms with van der Waals surface area (Å²) >= 11 is 6.44. The largest absolute Gasteiger partial charge is 0.463 e. The van der Waals surface area contributed by atoms with E-state index in [1.807, 2.05) is 48.5 Å². The number of hydrogen-bond donors (Lipinski definition) is 1. The highest BCUT2D eigenvalue weighted by Gasteiger charge is 2.52. The fourth-order valence-electron chi connectivity index (χ4n) is 4.19. The predicted octanol–water partition coefficient (Wildman–Crippen LogP) is 3.60. The molecule has 3 rings (SSSR count). The zero-order valence-corrected chi connectivity index (χ0v) is 24.3. The summed E-state index contributed by atoms with van der Waals surface area (Å²) < 4.78 is 33.0. The number of esters is 4. The van der Waals surface area contributed by atoms with Crippen LogP contribution in [-0.2, 0) is 47.6 Å². The molecule has 0 amide bonds. The SMILES string of the molecule is CC(=O)OC[C@H]1O[C@@H](OCC#CC(Nc2ccccc2)c2ccccc2Cl)[C@H](OC(C)=O)[C@@H](OC(C)=O)[C@@H]1OC(C)=O. The van der Waals surface area contributed by atoms with Crippen molar-refractivity contribution in [3.05, 3.63) is 65.2 Å². The van der Waals surface area contributed by atoms with Crippen molar-refractivity contribution >= 4 is 41.2 Å². The van der Waals surface area contributed by atoms with E-state index in [0.717, 1.165) is 32.0 Å². The summed E-state index contributed by atoms with van der Waals surface area (Å²) in [6.45, 7) is 4.05. The van der Waals surface area contributed by atoms with Gasteiger partial charge in [0.1, 0.15) is 25.4 Å². The third-order valence-electron chi connectivity index (χ3n) is 5.82. The molecule has 1 unspecified atom stereocenters. The average molecular weight is 602 g/mol. The molecule has 2 aromatic carbocycles. The van der Waals surface area contributed by atoms with Gasteiger partial charge in [-0.1, -0.05) is 59.8 Å². The monoisotopic (exact) mass is 601 g/mol. The second kappa shape index (κ2) is 15.8. The summed E-state index contributed by atoms with van der Waals surface area (Å²) in [7, 11) is 0. The molecular weight excluding hydrogens is 570 g/mol. The van der Waals surface area contributed by atoms with Crippen molar-refractivity contribution in [2.24, 2.45) is 0 Å². The third-order valence-corrected chi connectivity index (χ3v) is 6.16. The van der Waals surface area contributed by atoms with E-state index in [-0.39, 0.29) is 13.2 Å². The lowest BCUT2D eigenvalue weighted by molar-refractivity contribution is -0.305. The van der Waals surface area contributed by atoms with Gasteiger partial charge in [0.25, 0.3) is 0 Å². The van der Waals surface area contributed by atoms with Crippen LogP contribution in [0.3, 0.4) is 0 Å². The second-order valence-corrected chi connectivity index (χ2v) is 9.57. The molecule has 0 aromatic heterocycles. The number of ether oxygens (including phenoxy) is 6. The van der Waals surface area contributed by atoms with Gasteiger partial charge < -0.3 is 33.7 Å². The van der Waals surface area contributed by atoms with Gasteiger partial charge in [-0.2, -0.15) is 0 Å². The second-order valence-electron chi connectivity index (χ2n) is 9.16. The van der Waals surface area contributed by atoms with E-state index in [4.69, 9.17) is 40.0 Å². The van der Waals surface area contributed by atoms with Crippen LogP contribution >= 0.6 is 11.6 Å². The van der Waals surface area contributed by atoms with Crippen molar-refractivity contribution in [1.29, 1.82) is 0 Å². The number of para-hydroxylation sites is 1. The number of carbonyl (C=O) groups excluding carboxylic acids is 4. The minimum atomic E-state index is -1.34. The van der Waals surface area contributed by atoms with Gasteiger partial charge in [-0.05, 0) is 18.2 Å². The molecule has 11 nitrogen and oxygen atoms in total. The van der Waals surface area contributed by atoms with Gasteiger partial charge in [0.05, 0.1) is 0 Å². The Labute approximate surface area is 248 Å². The number of anilines is 1. The number of nitrogens with one attached hydrogen (secondary N) is 1. The van der Waals surface area contributed by atoms with Crippen molar-refractivity contribution in [1.82, 2.24) is 0 Å². The molecule has 1 aliphatic heterocycles. The van der Waals surface area contributed by atoms with Crippen LogP contribution in [0.15, 0.2) is 54.6 Å². The number of benzene rings is 2. The van der Waals surface area contributed by atoms with E-state index in [1.54, 1.807) is 6.07 Å². The van der Waals surface area contributed by atoms with Gasteiger partial charge in [-0.25, -0.2) is 0 Å². The highest BCUT2D eigenvalue weighted by molar-refractivity contribution is 6.31. The van der Waals surface area contributed by atoms with E-state index in [1.165, 1.54) is 6.92 Å². The molecule has 1 N–H and O–H groups in total. The van der Waals surface area contributed by atoms with Gasteiger partial charge in [0, 0.05) is 44.0 Å². The maximum atomic E-state index is 12.0.